The molecule has 0 amide bonds. The molecule has 2 aromatic heterocycles. The summed E-state index contributed by atoms with van der Waals surface area (Å²) in [4.78, 5) is 0. The lowest BCUT2D eigenvalue weighted by Crippen LogP contribution is -2.06. The predicted octanol–water partition coefficient (Wildman–Crippen LogP) is 4.31. The van der Waals surface area contributed by atoms with Gasteiger partial charge in [0.2, 0.25) is 0 Å². The maximum Gasteiger partial charge on any atom is 0.0821 e. The summed E-state index contributed by atoms with van der Waals surface area (Å²) in [5, 5.41) is 6.13. The second kappa shape index (κ2) is 5.06. The van der Waals surface area contributed by atoms with E-state index in [9.17, 15) is 0 Å². The minimum atomic E-state index is 0.627. The molecule has 1 aliphatic rings. The Balaban J connectivity index is 1.61. The van der Waals surface area contributed by atoms with Crippen molar-refractivity contribution in [2.45, 2.75) is 45.2 Å². The van der Waals surface area contributed by atoms with Gasteiger partial charge >= 0.3 is 0 Å². The van der Waals surface area contributed by atoms with Crippen molar-refractivity contribution < 1.29 is 0 Å². The molecule has 0 radical (unpaired) electrons. The molecule has 0 saturated heterocycles. The Labute approximate surface area is 125 Å². The molecule has 108 valence electrons. The summed E-state index contributed by atoms with van der Waals surface area (Å²) in [6.07, 6.45) is 9.59. The summed E-state index contributed by atoms with van der Waals surface area (Å²) in [5.74, 6) is 0. The van der Waals surface area contributed by atoms with E-state index in [2.05, 4.69) is 58.9 Å². The van der Waals surface area contributed by atoms with Crippen LogP contribution in [0.3, 0.4) is 0 Å². The van der Waals surface area contributed by atoms with Crippen LogP contribution < -0.4 is 0 Å². The first-order valence-corrected chi connectivity index (χ1v) is 7.90. The fourth-order valence-corrected chi connectivity index (χ4v) is 3.52. The minimum Gasteiger partial charge on any atom is -0.341 e. The molecule has 0 bridgehead atoms. The van der Waals surface area contributed by atoms with Crippen molar-refractivity contribution in [3.05, 3.63) is 54.0 Å². The molecule has 3 heteroatoms. The van der Waals surface area contributed by atoms with Gasteiger partial charge in [0.25, 0.3) is 0 Å². The smallest absolute Gasteiger partial charge is 0.0821 e. The van der Waals surface area contributed by atoms with Crippen LogP contribution in [-0.2, 0) is 6.54 Å². The Morgan fingerprint density at radius 1 is 1.10 bits per heavy atom. The molecule has 0 unspecified atom stereocenters. The Kier molecular flexibility index (Phi) is 3.06. The molecule has 1 saturated carbocycles. The number of hydrogen-bond donors (Lipinski definition) is 0. The summed E-state index contributed by atoms with van der Waals surface area (Å²) >= 11 is 0. The molecule has 21 heavy (non-hydrogen) atoms. The number of aromatic nitrogens is 3. The lowest BCUT2D eigenvalue weighted by atomic mass is 10.1. The van der Waals surface area contributed by atoms with E-state index in [1.165, 1.54) is 42.1 Å². The van der Waals surface area contributed by atoms with Gasteiger partial charge in [0.05, 0.1) is 18.3 Å². The zero-order valence-corrected chi connectivity index (χ0v) is 12.5. The predicted molar refractivity (Wildman–Crippen MR) is 85.5 cm³/mol. The summed E-state index contributed by atoms with van der Waals surface area (Å²) in [5.41, 5.74) is 3.79. The molecule has 1 aliphatic carbocycles. The van der Waals surface area contributed by atoms with Gasteiger partial charge in [-0.15, -0.1) is 0 Å². The molecule has 0 aliphatic heterocycles. The zero-order chi connectivity index (χ0) is 14.2. The normalized spacial score (nSPS) is 16.0. The van der Waals surface area contributed by atoms with E-state index in [-0.39, 0.29) is 0 Å². The van der Waals surface area contributed by atoms with Crippen molar-refractivity contribution >= 4 is 10.9 Å². The highest BCUT2D eigenvalue weighted by Crippen LogP contribution is 2.29. The fourth-order valence-electron chi connectivity index (χ4n) is 3.52. The summed E-state index contributed by atoms with van der Waals surface area (Å²) in [6, 6.07) is 11.5. The number of aryl methyl sites for hydroxylation is 1. The van der Waals surface area contributed by atoms with Crippen LogP contribution >= 0.6 is 0 Å². The van der Waals surface area contributed by atoms with Gasteiger partial charge in [0.1, 0.15) is 0 Å². The van der Waals surface area contributed by atoms with Crippen molar-refractivity contribution in [2.75, 3.05) is 0 Å². The van der Waals surface area contributed by atoms with E-state index >= 15 is 0 Å². The van der Waals surface area contributed by atoms with Crippen LogP contribution in [0, 0.1) is 6.92 Å². The third-order valence-corrected chi connectivity index (χ3v) is 4.73. The molecule has 4 rings (SSSR count). The number of hydrogen-bond acceptors (Lipinski definition) is 1. The molecule has 2 heterocycles. The van der Waals surface area contributed by atoms with E-state index in [4.69, 9.17) is 5.10 Å². The molecule has 0 atom stereocenters. The van der Waals surface area contributed by atoms with E-state index in [1.54, 1.807) is 0 Å². The number of nitrogens with zero attached hydrogens (tertiary/aromatic N) is 3. The van der Waals surface area contributed by atoms with Crippen LogP contribution in [0.25, 0.3) is 10.9 Å². The van der Waals surface area contributed by atoms with Crippen LogP contribution in [0.15, 0.2) is 42.7 Å². The van der Waals surface area contributed by atoms with Gasteiger partial charge in [-0.2, -0.15) is 5.10 Å². The second-order valence-electron chi connectivity index (χ2n) is 6.18. The highest BCUT2D eigenvalue weighted by Gasteiger charge is 2.17. The van der Waals surface area contributed by atoms with Crippen LogP contribution in [0.4, 0.5) is 0 Å². The van der Waals surface area contributed by atoms with Gasteiger partial charge < -0.3 is 4.57 Å². The monoisotopic (exact) mass is 279 g/mol. The Hall–Kier alpha value is -2.03. The summed E-state index contributed by atoms with van der Waals surface area (Å²) < 4.78 is 4.48. The molecule has 3 aromatic rings. The van der Waals surface area contributed by atoms with E-state index in [1.807, 2.05) is 0 Å². The summed E-state index contributed by atoms with van der Waals surface area (Å²) in [7, 11) is 0. The minimum absolute atomic E-state index is 0.627. The van der Waals surface area contributed by atoms with Gasteiger partial charge in [0.15, 0.2) is 0 Å². The van der Waals surface area contributed by atoms with Crippen LogP contribution in [0.5, 0.6) is 0 Å². The molecule has 1 aromatic carbocycles. The average Bonchev–Trinajstić information content (AvgIpc) is 3.20. The third kappa shape index (κ3) is 2.27. The fraction of sp³-hybridized carbons (Fsp3) is 0.389. The Morgan fingerprint density at radius 3 is 2.81 bits per heavy atom. The van der Waals surface area contributed by atoms with Crippen LogP contribution in [0.1, 0.15) is 43.0 Å². The van der Waals surface area contributed by atoms with E-state index in [0.717, 1.165) is 12.2 Å². The summed E-state index contributed by atoms with van der Waals surface area (Å²) in [6.45, 7) is 3.02. The SMILES string of the molecule is Cc1cccc2c1ccn2Cc1ccn(C2CCCC2)n1. The maximum absolute atomic E-state index is 4.79. The van der Waals surface area contributed by atoms with Gasteiger partial charge in [-0.3, -0.25) is 4.68 Å². The van der Waals surface area contributed by atoms with Crippen molar-refractivity contribution in [1.82, 2.24) is 14.3 Å². The first-order chi connectivity index (χ1) is 10.3. The highest BCUT2D eigenvalue weighted by atomic mass is 15.3. The first kappa shape index (κ1) is 12.7. The topological polar surface area (TPSA) is 22.8 Å². The van der Waals surface area contributed by atoms with Gasteiger partial charge in [-0.1, -0.05) is 25.0 Å². The molecule has 1 fully saturated rings. The molecular weight excluding hydrogens is 258 g/mol. The van der Waals surface area contributed by atoms with Crippen molar-refractivity contribution in [3.8, 4) is 0 Å². The van der Waals surface area contributed by atoms with Crippen LogP contribution in [0.2, 0.25) is 0 Å². The van der Waals surface area contributed by atoms with E-state index < -0.39 is 0 Å². The lowest BCUT2D eigenvalue weighted by molar-refractivity contribution is 0.462. The average molecular weight is 279 g/mol. The molecular formula is C18H21N3. The van der Waals surface area contributed by atoms with Crippen molar-refractivity contribution in [2.24, 2.45) is 0 Å². The van der Waals surface area contributed by atoms with E-state index in [0.29, 0.717) is 6.04 Å². The van der Waals surface area contributed by atoms with Crippen molar-refractivity contribution in [3.63, 3.8) is 0 Å². The molecule has 0 spiro atoms. The van der Waals surface area contributed by atoms with Gasteiger partial charge in [0, 0.05) is 23.3 Å². The molecule has 3 nitrogen and oxygen atoms in total. The van der Waals surface area contributed by atoms with Gasteiger partial charge in [-0.05, 0) is 43.5 Å². The number of benzene rings is 1. The number of rotatable bonds is 3. The standard InChI is InChI=1S/C18H21N3/c1-14-5-4-8-18-17(14)10-11-20(18)13-15-9-12-21(19-15)16-6-2-3-7-16/h4-5,8-12,16H,2-3,6-7,13H2,1H3. The van der Waals surface area contributed by atoms with Gasteiger partial charge in [-0.25, -0.2) is 0 Å². The zero-order valence-electron chi connectivity index (χ0n) is 12.5. The van der Waals surface area contributed by atoms with Crippen molar-refractivity contribution in [1.29, 1.82) is 0 Å². The molecule has 0 N–H and O–H groups in total. The highest BCUT2D eigenvalue weighted by molar-refractivity contribution is 5.83. The number of fused-ring (bicyclic) bond motifs is 1. The lowest BCUT2D eigenvalue weighted by Gasteiger charge is -2.09. The maximum atomic E-state index is 4.79. The Bertz CT molecular complexity index is 760. The largest absolute Gasteiger partial charge is 0.341 e. The third-order valence-electron chi connectivity index (χ3n) is 4.73. The Morgan fingerprint density at radius 2 is 1.95 bits per heavy atom. The quantitative estimate of drug-likeness (QED) is 0.700. The van der Waals surface area contributed by atoms with Crippen LogP contribution in [-0.4, -0.2) is 14.3 Å². The second-order valence-corrected chi connectivity index (χ2v) is 6.18. The first-order valence-electron chi connectivity index (χ1n) is 7.90.